The van der Waals surface area contributed by atoms with E-state index in [1.165, 1.54) is 4.68 Å². The lowest BCUT2D eigenvalue weighted by Gasteiger charge is -2.13. The molecule has 0 fully saturated rings. The molecular formula is C9H14F4N4O2. The van der Waals surface area contributed by atoms with E-state index in [9.17, 15) is 17.6 Å². The first-order chi connectivity index (χ1) is 8.48. The number of aryl methyl sites for hydroxylation is 1. The molecule has 0 amide bonds. The Hall–Kier alpha value is -1.71. The first-order valence-electron chi connectivity index (χ1n) is 5.04. The highest BCUT2D eigenvalue weighted by Crippen LogP contribution is 2.13. The number of carboxylic acid groups (broad SMARTS) is 1. The van der Waals surface area contributed by atoms with Crippen molar-refractivity contribution in [2.75, 3.05) is 6.67 Å². The van der Waals surface area contributed by atoms with Crippen LogP contribution < -0.4 is 5.73 Å². The predicted molar refractivity (Wildman–Crippen MR) is 56.9 cm³/mol. The van der Waals surface area contributed by atoms with Crippen molar-refractivity contribution in [1.82, 2.24) is 15.0 Å². The van der Waals surface area contributed by atoms with Crippen LogP contribution in [0, 0.1) is 0 Å². The summed E-state index contributed by atoms with van der Waals surface area (Å²) in [5.41, 5.74) is 5.93. The normalized spacial score (nSPS) is 11.7. The summed E-state index contributed by atoms with van der Waals surface area (Å²) in [4.78, 5) is 8.90. The Labute approximate surface area is 106 Å². The molecule has 19 heavy (non-hydrogen) atoms. The van der Waals surface area contributed by atoms with Crippen LogP contribution in [0.4, 0.5) is 17.6 Å². The third-order valence-corrected chi connectivity index (χ3v) is 1.75. The van der Waals surface area contributed by atoms with Gasteiger partial charge in [-0.1, -0.05) is 5.21 Å². The molecule has 6 nitrogen and oxygen atoms in total. The molecule has 1 aromatic rings. The molecule has 0 unspecified atom stereocenters. The number of hydrogen-bond donors (Lipinski definition) is 2. The molecule has 10 heteroatoms. The highest BCUT2D eigenvalue weighted by atomic mass is 19.4. The molecule has 0 aliphatic heterocycles. The summed E-state index contributed by atoms with van der Waals surface area (Å²) in [5, 5.41) is 14.7. The largest absolute Gasteiger partial charge is 0.490 e. The highest BCUT2D eigenvalue weighted by Gasteiger charge is 2.38. The van der Waals surface area contributed by atoms with Gasteiger partial charge in [-0.3, -0.25) is 0 Å². The first-order valence-corrected chi connectivity index (χ1v) is 5.04. The minimum atomic E-state index is -5.08. The minimum absolute atomic E-state index is 0.239. The number of hydrogen-bond acceptors (Lipinski definition) is 4. The van der Waals surface area contributed by atoms with Crippen LogP contribution in [0.2, 0.25) is 0 Å². The quantitative estimate of drug-likeness (QED) is 0.811. The second-order valence-electron chi connectivity index (χ2n) is 4.08. The molecule has 1 rings (SSSR count). The first kappa shape index (κ1) is 17.3. The van der Waals surface area contributed by atoms with Crippen LogP contribution in [0.25, 0.3) is 0 Å². The lowest BCUT2D eigenvalue weighted by molar-refractivity contribution is -0.192. The summed E-state index contributed by atoms with van der Waals surface area (Å²) in [6.07, 6.45) is -3.42. The summed E-state index contributed by atoms with van der Waals surface area (Å²) in [7, 11) is 0. The van der Waals surface area contributed by atoms with E-state index in [1.54, 1.807) is 6.20 Å². The molecule has 0 radical (unpaired) electrons. The molecule has 0 saturated carbocycles. The third kappa shape index (κ3) is 6.70. The Bertz CT molecular complexity index is 411. The topological polar surface area (TPSA) is 94.0 Å². The predicted octanol–water partition coefficient (Wildman–Crippen LogP) is 1.07. The average molecular weight is 286 g/mol. The van der Waals surface area contributed by atoms with Crippen LogP contribution in [-0.2, 0) is 16.9 Å². The van der Waals surface area contributed by atoms with Crippen LogP contribution in [0.3, 0.4) is 0 Å². The van der Waals surface area contributed by atoms with Gasteiger partial charge in [0.15, 0.2) is 0 Å². The Kier molecular flexibility index (Phi) is 5.87. The Morgan fingerprint density at radius 2 is 1.95 bits per heavy atom. The van der Waals surface area contributed by atoms with Crippen molar-refractivity contribution in [3.8, 4) is 0 Å². The van der Waals surface area contributed by atoms with Gasteiger partial charge in [-0.15, -0.1) is 5.10 Å². The van der Waals surface area contributed by atoms with Gasteiger partial charge < -0.3 is 10.8 Å². The molecule has 110 valence electrons. The summed E-state index contributed by atoms with van der Waals surface area (Å²) >= 11 is 0. The molecule has 0 spiro atoms. The number of carbonyl (C=O) groups is 1. The summed E-state index contributed by atoms with van der Waals surface area (Å²) in [5.74, 6) is -2.76. The third-order valence-electron chi connectivity index (χ3n) is 1.75. The fourth-order valence-corrected chi connectivity index (χ4v) is 0.790. The maximum atomic E-state index is 11.9. The lowest BCUT2D eigenvalue weighted by atomic mass is 10.0. The zero-order valence-electron chi connectivity index (χ0n) is 10.3. The van der Waals surface area contributed by atoms with E-state index in [4.69, 9.17) is 15.6 Å². The number of rotatable bonds is 3. The average Bonchev–Trinajstić information content (AvgIpc) is 2.65. The van der Waals surface area contributed by atoms with Crippen LogP contribution in [-0.4, -0.2) is 38.9 Å². The van der Waals surface area contributed by atoms with Gasteiger partial charge in [-0.25, -0.2) is 13.9 Å². The van der Waals surface area contributed by atoms with Crippen molar-refractivity contribution < 1.29 is 27.5 Å². The van der Waals surface area contributed by atoms with Crippen molar-refractivity contribution in [2.45, 2.75) is 32.1 Å². The van der Waals surface area contributed by atoms with Gasteiger partial charge in [-0.05, 0) is 13.8 Å². The molecular weight excluding hydrogens is 272 g/mol. The fraction of sp³-hybridized carbons (Fsp3) is 0.667. The van der Waals surface area contributed by atoms with Gasteiger partial charge in [0, 0.05) is 0 Å². The molecule has 0 aliphatic rings. The van der Waals surface area contributed by atoms with Crippen LogP contribution in [0.5, 0.6) is 0 Å². The molecule has 0 aliphatic carbocycles. The summed E-state index contributed by atoms with van der Waals surface area (Å²) in [6, 6.07) is 0. The smallest absolute Gasteiger partial charge is 0.475 e. The molecule has 0 saturated heterocycles. The number of nitrogens with zero attached hydrogens (tertiary/aromatic N) is 3. The molecule has 0 aromatic carbocycles. The van der Waals surface area contributed by atoms with E-state index < -0.39 is 24.4 Å². The van der Waals surface area contributed by atoms with E-state index in [0.29, 0.717) is 5.69 Å². The summed E-state index contributed by atoms with van der Waals surface area (Å²) in [6.45, 7) is 3.46. The van der Waals surface area contributed by atoms with Crippen LogP contribution >= 0.6 is 0 Å². The maximum Gasteiger partial charge on any atom is 0.490 e. The second-order valence-corrected chi connectivity index (χ2v) is 4.08. The second kappa shape index (κ2) is 6.45. The Morgan fingerprint density at radius 3 is 2.21 bits per heavy atom. The van der Waals surface area contributed by atoms with E-state index in [2.05, 4.69) is 10.3 Å². The fourth-order valence-electron chi connectivity index (χ4n) is 0.790. The van der Waals surface area contributed by atoms with Gasteiger partial charge >= 0.3 is 12.1 Å². The van der Waals surface area contributed by atoms with Gasteiger partial charge in [0.25, 0.3) is 0 Å². The maximum absolute atomic E-state index is 11.9. The van der Waals surface area contributed by atoms with Crippen molar-refractivity contribution in [3.05, 3.63) is 11.9 Å². The highest BCUT2D eigenvalue weighted by molar-refractivity contribution is 5.73. The minimum Gasteiger partial charge on any atom is -0.475 e. The zero-order valence-corrected chi connectivity index (χ0v) is 10.3. The number of alkyl halides is 4. The van der Waals surface area contributed by atoms with Gasteiger partial charge in [0.05, 0.1) is 18.3 Å². The number of halogens is 4. The van der Waals surface area contributed by atoms with Gasteiger partial charge in [0.1, 0.15) is 12.4 Å². The number of aromatic nitrogens is 3. The van der Waals surface area contributed by atoms with E-state index in [0.717, 1.165) is 0 Å². The van der Waals surface area contributed by atoms with Gasteiger partial charge in [-0.2, -0.15) is 13.2 Å². The number of carboxylic acids is 1. The van der Waals surface area contributed by atoms with E-state index in [1.807, 2.05) is 13.8 Å². The Balaban J connectivity index is 0.000000399. The van der Waals surface area contributed by atoms with E-state index >= 15 is 0 Å². The SMILES string of the molecule is CC(C)(N)c1cn(CCF)nn1.O=C(O)C(F)(F)F. The molecule has 0 bridgehead atoms. The standard InChI is InChI=1S/C7H13FN4.C2HF3O2/c1-7(2,9)6-5-12(4-3-8)11-10-6;3-2(4,5)1(6)7/h5H,3-4,9H2,1-2H3;(H,6,7). The van der Waals surface area contributed by atoms with Crippen LogP contribution in [0.15, 0.2) is 6.20 Å². The zero-order chi connectivity index (χ0) is 15.3. The Morgan fingerprint density at radius 1 is 1.47 bits per heavy atom. The van der Waals surface area contributed by atoms with Crippen molar-refractivity contribution in [3.63, 3.8) is 0 Å². The summed E-state index contributed by atoms with van der Waals surface area (Å²) < 4.78 is 45.0. The molecule has 1 aromatic heterocycles. The van der Waals surface area contributed by atoms with Crippen molar-refractivity contribution in [1.29, 1.82) is 0 Å². The molecule has 0 atom stereocenters. The number of nitrogens with two attached hydrogens (primary N) is 1. The van der Waals surface area contributed by atoms with E-state index in [-0.39, 0.29) is 6.54 Å². The molecule has 3 N–H and O–H groups in total. The number of aliphatic carboxylic acids is 1. The molecule has 1 heterocycles. The van der Waals surface area contributed by atoms with Crippen molar-refractivity contribution in [2.24, 2.45) is 5.73 Å². The van der Waals surface area contributed by atoms with Crippen molar-refractivity contribution >= 4 is 5.97 Å². The van der Waals surface area contributed by atoms with Gasteiger partial charge in [0.2, 0.25) is 0 Å². The monoisotopic (exact) mass is 286 g/mol. The lowest BCUT2D eigenvalue weighted by Crippen LogP contribution is -2.29. The van der Waals surface area contributed by atoms with Crippen LogP contribution in [0.1, 0.15) is 19.5 Å².